The third kappa shape index (κ3) is 3.64. The Labute approximate surface area is 98.4 Å². The largest absolute Gasteiger partial charge is 0.481 e. The summed E-state index contributed by atoms with van der Waals surface area (Å²) in [6.45, 7) is -0.203. The lowest BCUT2D eigenvalue weighted by Crippen LogP contribution is -2.44. The summed E-state index contributed by atoms with van der Waals surface area (Å²) in [6.07, 6.45) is 1.22. The molecule has 0 radical (unpaired) electrons. The van der Waals surface area contributed by atoms with Gasteiger partial charge in [0.2, 0.25) is 0 Å². The highest BCUT2D eigenvalue weighted by Crippen LogP contribution is 2.34. The van der Waals surface area contributed by atoms with E-state index in [1.165, 1.54) is 0 Å². The van der Waals surface area contributed by atoms with Crippen LogP contribution >= 0.6 is 0 Å². The van der Waals surface area contributed by atoms with Crippen molar-refractivity contribution >= 4 is 11.9 Å². The van der Waals surface area contributed by atoms with Crippen molar-refractivity contribution in [1.29, 1.82) is 0 Å². The van der Waals surface area contributed by atoms with E-state index in [1.54, 1.807) is 0 Å². The number of nitrogens with one attached hydrogen (secondary N) is 1. The molecule has 4 nitrogen and oxygen atoms in total. The van der Waals surface area contributed by atoms with Gasteiger partial charge in [-0.15, -0.1) is 0 Å². The van der Waals surface area contributed by atoms with Gasteiger partial charge >= 0.3 is 12.4 Å². The Morgan fingerprint density at radius 3 is 2.12 bits per heavy atom. The van der Waals surface area contributed by atoms with Gasteiger partial charge in [-0.2, -0.15) is 8.78 Å². The van der Waals surface area contributed by atoms with E-state index in [-0.39, 0.29) is 6.54 Å². The molecule has 1 aliphatic rings. The number of halogens is 2. The van der Waals surface area contributed by atoms with Crippen molar-refractivity contribution in [2.24, 2.45) is 5.41 Å². The smallest absolute Gasteiger partial charge is 0.315 e. The van der Waals surface area contributed by atoms with Gasteiger partial charge in [0.15, 0.2) is 0 Å². The Morgan fingerprint density at radius 1 is 1.18 bits per heavy atom. The van der Waals surface area contributed by atoms with Crippen molar-refractivity contribution in [2.45, 2.75) is 45.0 Å². The Morgan fingerprint density at radius 2 is 1.71 bits per heavy atom. The fraction of sp³-hybridized carbons (Fsp3) is 0.818. The Bertz CT molecular complexity index is 286. The maximum atomic E-state index is 12.0. The van der Waals surface area contributed by atoms with Crippen LogP contribution in [0.4, 0.5) is 8.78 Å². The Hall–Kier alpha value is -1.20. The highest BCUT2D eigenvalue weighted by Gasteiger charge is 2.39. The van der Waals surface area contributed by atoms with Gasteiger partial charge < -0.3 is 10.4 Å². The van der Waals surface area contributed by atoms with Gasteiger partial charge in [0.1, 0.15) is 0 Å². The van der Waals surface area contributed by atoms with Crippen molar-refractivity contribution in [1.82, 2.24) is 5.32 Å². The second-order valence-corrected chi connectivity index (χ2v) is 4.52. The van der Waals surface area contributed by atoms with Crippen LogP contribution in [-0.4, -0.2) is 30.0 Å². The molecule has 0 aliphatic heterocycles. The Kier molecular flexibility index (Phi) is 4.84. The molecule has 6 heteroatoms. The molecule has 0 aromatic rings. The molecule has 0 spiro atoms. The average molecular weight is 249 g/mol. The third-order valence-electron chi connectivity index (χ3n) is 3.31. The number of hydrogen-bond donors (Lipinski definition) is 2. The second kappa shape index (κ2) is 5.93. The molecule has 0 heterocycles. The van der Waals surface area contributed by atoms with Crippen LogP contribution in [-0.2, 0) is 9.59 Å². The molecule has 0 bridgehead atoms. The van der Waals surface area contributed by atoms with Gasteiger partial charge in [0, 0.05) is 6.54 Å². The van der Waals surface area contributed by atoms with Crippen LogP contribution in [0.3, 0.4) is 0 Å². The Balaban J connectivity index is 2.64. The summed E-state index contributed by atoms with van der Waals surface area (Å²) in [6, 6.07) is 0. The summed E-state index contributed by atoms with van der Waals surface area (Å²) in [5, 5.41) is 11.3. The third-order valence-corrected chi connectivity index (χ3v) is 3.31. The van der Waals surface area contributed by atoms with Gasteiger partial charge in [-0.1, -0.05) is 25.7 Å². The number of aliphatic carboxylic acids is 1. The molecular weight excluding hydrogens is 232 g/mol. The van der Waals surface area contributed by atoms with Gasteiger partial charge in [0.25, 0.3) is 5.91 Å². The predicted octanol–water partition coefficient (Wildman–Crippen LogP) is 1.79. The molecule has 0 aromatic carbocycles. The zero-order valence-electron chi connectivity index (χ0n) is 9.55. The SMILES string of the molecule is O=C(NCC1(C(=O)O)CCCCCC1)C(F)F. The molecule has 17 heavy (non-hydrogen) atoms. The number of alkyl halides is 2. The van der Waals surface area contributed by atoms with Crippen molar-refractivity contribution in [3.8, 4) is 0 Å². The summed E-state index contributed by atoms with van der Waals surface area (Å²) < 4.78 is 24.1. The van der Waals surface area contributed by atoms with Crippen LogP contribution < -0.4 is 5.32 Å². The summed E-state index contributed by atoms with van der Waals surface area (Å²) in [5.41, 5.74) is -1.07. The standard InChI is InChI=1S/C11H17F2NO3/c12-8(13)9(15)14-7-11(10(16)17)5-3-1-2-4-6-11/h8H,1-7H2,(H,14,15)(H,16,17). The number of amides is 1. The molecule has 2 N–H and O–H groups in total. The summed E-state index contributed by atoms with van der Waals surface area (Å²) in [4.78, 5) is 22.1. The molecule has 0 saturated heterocycles. The van der Waals surface area contributed by atoms with E-state index in [1.807, 2.05) is 5.32 Å². The summed E-state index contributed by atoms with van der Waals surface area (Å²) in [7, 11) is 0. The molecule has 0 aromatic heterocycles. The van der Waals surface area contributed by atoms with Crippen LogP contribution in [0.15, 0.2) is 0 Å². The topological polar surface area (TPSA) is 66.4 Å². The molecule has 98 valence electrons. The monoisotopic (exact) mass is 249 g/mol. The van der Waals surface area contributed by atoms with Crippen LogP contribution in [0, 0.1) is 5.41 Å². The average Bonchev–Trinajstić information content (AvgIpc) is 2.52. The molecule has 0 atom stereocenters. The maximum absolute atomic E-state index is 12.0. The van der Waals surface area contributed by atoms with E-state index < -0.39 is 23.7 Å². The van der Waals surface area contributed by atoms with Gasteiger partial charge in [-0.25, -0.2) is 0 Å². The number of hydrogen-bond acceptors (Lipinski definition) is 2. The first-order valence-electron chi connectivity index (χ1n) is 5.77. The number of carbonyl (C=O) groups is 2. The van der Waals surface area contributed by atoms with E-state index >= 15 is 0 Å². The molecular formula is C11H17F2NO3. The van der Waals surface area contributed by atoms with Crippen LogP contribution in [0.25, 0.3) is 0 Å². The van der Waals surface area contributed by atoms with Gasteiger partial charge in [-0.05, 0) is 12.8 Å². The highest BCUT2D eigenvalue weighted by molar-refractivity contribution is 5.81. The number of carbonyl (C=O) groups excluding carboxylic acids is 1. The van der Waals surface area contributed by atoms with Crippen molar-refractivity contribution in [3.05, 3.63) is 0 Å². The van der Waals surface area contributed by atoms with Gasteiger partial charge in [0.05, 0.1) is 5.41 Å². The minimum Gasteiger partial charge on any atom is -0.481 e. The lowest BCUT2D eigenvalue weighted by Gasteiger charge is -2.28. The fourth-order valence-corrected chi connectivity index (χ4v) is 2.21. The van der Waals surface area contributed by atoms with E-state index in [2.05, 4.69) is 0 Å². The molecule has 1 rings (SSSR count). The molecule has 1 aliphatic carbocycles. The van der Waals surface area contributed by atoms with Crippen molar-refractivity contribution < 1.29 is 23.5 Å². The molecule has 1 saturated carbocycles. The first-order valence-corrected chi connectivity index (χ1v) is 5.77. The number of rotatable bonds is 4. The molecule has 1 fully saturated rings. The minimum absolute atomic E-state index is 0.203. The quantitative estimate of drug-likeness (QED) is 0.746. The normalized spacial score (nSPS) is 19.7. The molecule has 0 unspecified atom stereocenters. The number of carboxylic acid groups (broad SMARTS) is 1. The maximum Gasteiger partial charge on any atom is 0.315 e. The zero-order chi connectivity index (χ0) is 12.9. The lowest BCUT2D eigenvalue weighted by molar-refractivity contribution is -0.150. The van der Waals surface area contributed by atoms with Crippen LogP contribution in [0.1, 0.15) is 38.5 Å². The molecule has 1 amide bonds. The second-order valence-electron chi connectivity index (χ2n) is 4.52. The first-order chi connectivity index (χ1) is 7.98. The zero-order valence-corrected chi connectivity index (χ0v) is 9.55. The summed E-state index contributed by atoms with van der Waals surface area (Å²) in [5.74, 6) is -2.40. The van der Waals surface area contributed by atoms with E-state index in [0.717, 1.165) is 25.7 Å². The summed E-state index contributed by atoms with van der Waals surface area (Å²) >= 11 is 0. The van der Waals surface area contributed by atoms with Crippen molar-refractivity contribution in [3.63, 3.8) is 0 Å². The highest BCUT2D eigenvalue weighted by atomic mass is 19.3. The first kappa shape index (κ1) is 13.9. The lowest BCUT2D eigenvalue weighted by atomic mass is 9.80. The van der Waals surface area contributed by atoms with Crippen LogP contribution in [0.2, 0.25) is 0 Å². The van der Waals surface area contributed by atoms with E-state index in [4.69, 9.17) is 0 Å². The minimum atomic E-state index is -3.09. The predicted molar refractivity (Wildman–Crippen MR) is 56.8 cm³/mol. The van der Waals surface area contributed by atoms with E-state index in [9.17, 15) is 23.5 Å². The van der Waals surface area contributed by atoms with Crippen LogP contribution in [0.5, 0.6) is 0 Å². The van der Waals surface area contributed by atoms with Crippen molar-refractivity contribution in [2.75, 3.05) is 6.54 Å². The number of carboxylic acids is 1. The van der Waals surface area contributed by atoms with Gasteiger partial charge in [-0.3, -0.25) is 9.59 Å². The fourth-order valence-electron chi connectivity index (χ4n) is 2.21. The van der Waals surface area contributed by atoms with E-state index in [0.29, 0.717) is 12.8 Å².